The second-order valence-electron chi connectivity index (χ2n) is 7.12. The molecular weight excluding hydrogens is 338 g/mol. The van der Waals surface area contributed by atoms with Crippen LogP contribution in [-0.2, 0) is 6.54 Å². The van der Waals surface area contributed by atoms with Crippen LogP contribution in [0.1, 0.15) is 38.2 Å². The van der Waals surface area contributed by atoms with E-state index in [0.717, 1.165) is 42.9 Å². The van der Waals surface area contributed by atoms with Gasteiger partial charge in [0.2, 0.25) is 0 Å². The average Bonchev–Trinajstić information content (AvgIpc) is 3.24. The summed E-state index contributed by atoms with van der Waals surface area (Å²) in [5, 5.41) is 13.6. The number of nitrogens with one attached hydrogen (secondary N) is 3. The fourth-order valence-electron chi connectivity index (χ4n) is 3.56. The highest BCUT2D eigenvalue weighted by atomic mass is 15.2. The molecule has 0 bridgehead atoms. The van der Waals surface area contributed by atoms with Crippen molar-refractivity contribution in [3.63, 3.8) is 0 Å². The Morgan fingerprint density at radius 1 is 1.33 bits per heavy atom. The lowest BCUT2D eigenvalue weighted by Gasteiger charge is -2.33. The summed E-state index contributed by atoms with van der Waals surface area (Å²) in [6.45, 7) is 6.39. The van der Waals surface area contributed by atoms with E-state index in [1.165, 1.54) is 37.7 Å². The Bertz CT molecular complexity index is 711. The highest BCUT2D eigenvalue weighted by Gasteiger charge is 2.17. The highest BCUT2D eigenvalue weighted by Crippen LogP contribution is 2.16. The molecule has 1 unspecified atom stereocenters. The Hall–Kier alpha value is -2.41. The van der Waals surface area contributed by atoms with Crippen molar-refractivity contribution in [2.75, 3.05) is 26.7 Å². The van der Waals surface area contributed by atoms with Gasteiger partial charge in [-0.25, -0.2) is 4.98 Å². The van der Waals surface area contributed by atoms with Crippen LogP contribution in [-0.4, -0.2) is 58.8 Å². The predicted octanol–water partition coefficient (Wildman–Crippen LogP) is 2.40. The summed E-state index contributed by atoms with van der Waals surface area (Å²) in [6.07, 6.45) is 6.71. The summed E-state index contributed by atoms with van der Waals surface area (Å²) in [5.74, 6) is 1.62. The van der Waals surface area contributed by atoms with E-state index in [4.69, 9.17) is 0 Å². The zero-order valence-electron chi connectivity index (χ0n) is 16.4. The van der Waals surface area contributed by atoms with E-state index in [1.807, 2.05) is 19.2 Å². The van der Waals surface area contributed by atoms with Crippen molar-refractivity contribution in [2.24, 2.45) is 4.99 Å². The van der Waals surface area contributed by atoms with E-state index in [2.05, 4.69) is 54.8 Å². The monoisotopic (exact) mass is 369 g/mol. The van der Waals surface area contributed by atoms with Gasteiger partial charge in [-0.1, -0.05) is 24.6 Å². The first-order valence-electron chi connectivity index (χ1n) is 9.89. The van der Waals surface area contributed by atoms with Crippen LogP contribution in [0.25, 0.3) is 11.4 Å². The van der Waals surface area contributed by atoms with Gasteiger partial charge in [-0.2, -0.15) is 5.10 Å². The number of aromatic nitrogens is 3. The molecule has 7 heteroatoms. The molecule has 0 radical (unpaired) electrons. The lowest BCUT2D eigenvalue weighted by Crippen LogP contribution is -2.41. The van der Waals surface area contributed by atoms with Crippen LogP contribution in [0.15, 0.2) is 35.6 Å². The summed E-state index contributed by atoms with van der Waals surface area (Å²) in [5.41, 5.74) is 2.21. The molecule has 146 valence electrons. The molecule has 1 saturated heterocycles. The van der Waals surface area contributed by atoms with E-state index in [1.54, 1.807) is 0 Å². The summed E-state index contributed by atoms with van der Waals surface area (Å²) in [4.78, 5) is 11.1. The minimum absolute atomic E-state index is 0.713. The normalized spacial score (nSPS) is 18.4. The van der Waals surface area contributed by atoms with Crippen LogP contribution < -0.4 is 10.6 Å². The van der Waals surface area contributed by atoms with Crippen LogP contribution in [0.5, 0.6) is 0 Å². The van der Waals surface area contributed by atoms with E-state index < -0.39 is 0 Å². The average molecular weight is 370 g/mol. The summed E-state index contributed by atoms with van der Waals surface area (Å²) < 4.78 is 0. The van der Waals surface area contributed by atoms with Gasteiger partial charge in [-0.3, -0.25) is 10.1 Å². The number of hydrogen-bond acceptors (Lipinski definition) is 4. The molecule has 0 saturated carbocycles. The number of aliphatic imine (C=N–C) groups is 1. The third-order valence-corrected chi connectivity index (χ3v) is 5.15. The van der Waals surface area contributed by atoms with Crippen LogP contribution in [0.3, 0.4) is 0 Å². The van der Waals surface area contributed by atoms with Gasteiger partial charge in [0.05, 0.1) is 0 Å². The molecule has 1 aliphatic heterocycles. The van der Waals surface area contributed by atoms with Crippen molar-refractivity contribution in [1.29, 1.82) is 0 Å². The molecule has 7 nitrogen and oxygen atoms in total. The Morgan fingerprint density at radius 3 is 3.04 bits per heavy atom. The molecule has 1 aromatic heterocycles. The molecule has 0 aliphatic carbocycles. The van der Waals surface area contributed by atoms with Gasteiger partial charge in [0.25, 0.3) is 0 Å². The van der Waals surface area contributed by atoms with Crippen LogP contribution in [0.2, 0.25) is 0 Å². The van der Waals surface area contributed by atoms with E-state index in [9.17, 15) is 0 Å². The maximum Gasteiger partial charge on any atom is 0.191 e. The first-order chi connectivity index (χ1) is 13.3. The zero-order chi connectivity index (χ0) is 18.9. The fraction of sp³-hybridized carbons (Fsp3) is 0.550. The lowest BCUT2D eigenvalue weighted by atomic mass is 10.0. The van der Waals surface area contributed by atoms with Crippen LogP contribution >= 0.6 is 0 Å². The number of nitrogens with zero attached hydrogens (tertiary/aromatic N) is 4. The molecule has 0 amide bonds. The van der Waals surface area contributed by atoms with Gasteiger partial charge >= 0.3 is 0 Å². The Balaban J connectivity index is 1.41. The van der Waals surface area contributed by atoms with Gasteiger partial charge in [-0.05, 0) is 44.4 Å². The predicted molar refractivity (Wildman–Crippen MR) is 110 cm³/mol. The third kappa shape index (κ3) is 5.79. The number of piperidine rings is 1. The van der Waals surface area contributed by atoms with Crippen molar-refractivity contribution in [3.05, 3.63) is 36.2 Å². The molecule has 0 spiro atoms. The maximum absolute atomic E-state index is 4.33. The Morgan fingerprint density at radius 2 is 2.26 bits per heavy atom. The van der Waals surface area contributed by atoms with Crippen molar-refractivity contribution in [1.82, 2.24) is 30.7 Å². The fourth-order valence-corrected chi connectivity index (χ4v) is 3.56. The standard InChI is InChI=1S/C20H31N7/c1-16-7-3-4-11-27(16)12-6-10-22-20(21-2)23-14-17-8-5-9-18(13-17)19-24-15-25-26-19/h5,8-9,13,15-16H,3-4,6-7,10-12,14H2,1-2H3,(H2,21,22,23)(H,24,25,26). The van der Waals surface area contributed by atoms with Gasteiger partial charge in [0.15, 0.2) is 11.8 Å². The SMILES string of the molecule is CN=C(NCCCN1CCCCC1C)NCc1cccc(-c2ncn[nH]2)c1. The number of rotatable bonds is 7. The van der Waals surface area contributed by atoms with Crippen LogP contribution in [0.4, 0.5) is 0 Å². The number of hydrogen-bond donors (Lipinski definition) is 3. The Kier molecular flexibility index (Phi) is 7.21. The largest absolute Gasteiger partial charge is 0.356 e. The second-order valence-corrected chi connectivity index (χ2v) is 7.12. The number of likely N-dealkylation sites (tertiary alicyclic amines) is 1. The van der Waals surface area contributed by atoms with Crippen molar-refractivity contribution in [2.45, 2.75) is 45.2 Å². The Labute approximate surface area is 161 Å². The second kappa shape index (κ2) is 10.1. The van der Waals surface area contributed by atoms with E-state index in [-0.39, 0.29) is 0 Å². The smallest absolute Gasteiger partial charge is 0.191 e. The molecular formula is C20H31N7. The molecule has 1 aromatic carbocycles. The van der Waals surface area contributed by atoms with Gasteiger partial charge < -0.3 is 15.5 Å². The molecule has 2 aromatic rings. The molecule has 3 rings (SSSR count). The number of H-pyrrole nitrogens is 1. The first kappa shape index (κ1) is 19.4. The number of benzene rings is 1. The van der Waals surface area contributed by atoms with Gasteiger partial charge in [0.1, 0.15) is 6.33 Å². The van der Waals surface area contributed by atoms with Gasteiger partial charge in [-0.15, -0.1) is 0 Å². The summed E-state index contributed by atoms with van der Waals surface area (Å²) >= 11 is 0. The molecule has 27 heavy (non-hydrogen) atoms. The lowest BCUT2D eigenvalue weighted by molar-refractivity contribution is 0.159. The third-order valence-electron chi connectivity index (χ3n) is 5.15. The first-order valence-corrected chi connectivity index (χ1v) is 9.89. The topological polar surface area (TPSA) is 81.2 Å². The molecule has 3 N–H and O–H groups in total. The van der Waals surface area contributed by atoms with Crippen molar-refractivity contribution >= 4 is 5.96 Å². The zero-order valence-corrected chi connectivity index (χ0v) is 16.4. The van der Waals surface area contributed by atoms with E-state index in [0.29, 0.717) is 6.54 Å². The molecule has 1 atom stereocenters. The minimum Gasteiger partial charge on any atom is -0.356 e. The minimum atomic E-state index is 0.713. The summed E-state index contributed by atoms with van der Waals surface area (Å²) in [7, 11) is 1.81. The highest BCUT2D eigenvalue weighted by molar-refractivity contribution is 5.79. The van der Waals surface area contributed by atoms with Gasteiger partial charge in [0, 0.05) is 38.3 Å². The number of guanidine groups is 1. The number of aromatic amines is 1. The summed E-state index contributed by atoms with van der Waals surface area (Å²) in [6, 6.07) is 8.99. The maximum atomic E-state index is 4.33. The van der Waals surface area contributed by atoms with Crippen molar-refractivity contribution in [3.8, 4) is 11.4 Å². The van der Waals surface area contributed by atoms with Crippen molar-refractivity contribution < 1.29 is 0 Å². The molecule has 1 aliphatic rings. The van der Waals surface area contributed by atoms with E-state index >= 15 is 0 Å². The quantitative estimate of drug-likeness (QED) is 0.397. The molecule has 1 fully saturated rings. The molecule has 2 heterocycles. The van der Waals surface area contributed by atoms with Crippen LogP contribution in [0, 0.1) is 0 Å².